The zero-order valence-electron chi connectivity index (χ0n) is 19.0. The number of halogens is 1. The standard InChI is InChI=1S/C26H30FN3O3/c1-33-25(31)10-4-2-3-7-16-28-26(32)29-17-15-24-22(18-29)21-8-5-6-9-23(21)30(24)20-13-11-19(27)12-14-20/h5-6,8-9,11-14H,2-4,7,10,15-18H2,1H3,(H,28,32). The van der Waals surface area contributed by atoms with E-state index < -0.39 is 0 Å². The van der Waals surface area contributed by atoms with Crippen LogP contribution in [0.2, 0.25) is 0 Å². The molecular weight excluding hydrogens is 421 g/mol. The molecule has 0 fully saturated rings. The highest BCUT2D eigenvalue weighted by atomic mass is 19.1. The SMILES string of the molecule is COC(=O)CCCCCCNC(=O)N1CCc2c(c3ccccc3n2-c2ccc(F)cc2)C1. The molecular formula is C26H30FN3O3. The number of fused-ring (bicyclic) bond motifs is 3. The Bertz CT molecular complexity index is 1120. The Morgan fingerprint density at radius 1 is 1.03 bits per heavy atom. The van der Waals surface area contributed by atoms with Crippen LogP contribution in [0, 0.1) is 5.82 Å². The summed E-state index contributed by atoms with van der Waals surface area (Å²) in [5, 5.41) is 4.16. The van der Waals surface area contributed by atoms with Gasteiger partial charge in [0.25, 0.3) is 0 Å². The number of methoxy groups -OCH3 is 1. The number of para-hydroxylation sites is 1. The lowest BCUT2D eigenvalue weighted by atomic mass is 10.0. The number of urea groups is 1. The molecule has 2 amide bonds. The lowest BCUT2D eigenvalue weighted by Gasteiger charge is -2.28. The van der Waals surface area contributed by atoms with E-state index in [-0.39, 0.29) is 17.8 Å². The third-order valence-electron chi connectivity index (χ3n) is 6.24. The number of hydrogen-bond donors (Lipinski definition) is 1. The number of nitrogens with one attached hydrogen (secondary N) is 1. The number of ether oxygens (including phenoxy) is 1. The van der Waals surface area contributed by atoms with E-state index in [1.54, 1.807) is 12.1 Å². The van der Waals surface area contributed by atoms with Crippen LogP contribution in [-0.4, -0.2) is 41.7 Å². The summed E-state index contributed by atoms with van der Waals surface area (Å²) in [5.74, 6) is -0.427. The van der Waals surface area contributed by atoms with Crippen LogP contribution in [0.4, 0.5) is 9.18 Å². The van der Waals surface area contributed by atoms with Crippen LogP contribution in [0.25, 0.3) is 16.6 Å². The molecule has 6 nitrogen and oxygen atoms in total. The summed E-state index contributed by atoms with van der Waals surface area (Å²) >= 11 is 0. The van der Waals surface area contributed by atoms with Crippen LogP contribution in [-0.2, 0) is 22.5 Å². The summed E-state index contributed by atoms with van der Waals surface area (Å²) in [6.45, 7) is 1.81. The van der Waals surface area contributed by atoms with Gasteiger partial charge in [-0.2, -0.15) is 0 Å². The van der Waals surface area contributed by atoms with Crippen molar-refractivity contribution in [2.24, 2.45) is 0 Å². The maximum Gasteiger partial charge on any atom is 0.317 e. The van der Waals surface area contributed by atoms with Gasteiger partial charge >= 0.3 is 12.0 Å². The van der Waals surface area contributed by atoms with Gasteiger partial charge in [-0.05, 0) is 43.2 Å². The van der Waals surface area contributed by atoms with E-state index >= 15 is 0 Å². The zero-order chi connectivity index (χ0) is 23.2. The molecule has 2 aromatic carbocycles. The molecule has 33 heavy (non-hydrogen) atoms. The first-order valence-corrected chi connectivity index (χ1v) is 11.5. The Labute approximate surface area is 193 Å². The average Bonchev–Trinajstić information content (AvgIpc) is 3.17. The largest absolute Gasteiger partial charge is 0.469 e. The van der Waals surface area contributed by atoms with E-state index in [0.29, 0.717) is 26.1 Å². The van der Waals surface area contributed by atoms with Crippen molar-refractivity contribution in [3.8, 4) is 5.69 Å². The van der Waals surface area contributed by atoms with E-state index in [2.05, 4.69) is 26.8 Å². The smallest absolute Gasteiger partial charge is 0.317 e. The molecule has 0 atom stereocenters. The summed E-state index contributed by atoms with van der Waals surface area (Å²) in [6.07, 6.45) is 4.80. The molecule has 1 aromatic heterocycles. The molecule has 0 aliphatic carbocycles. The predicted octanol–water partition coefficient (Wildman–Crippen LogP) is 4.96. The lowest BCUT2D eigenvalue weighted by molar-refractivity contribution is -0.140. The molecule has 3 aromatic rings. The van der Waals surface area contributed by atoms with Crippen LogP contribution in [0.15, 0.2) is 48.5 Å². The van der Waals surface area contributed by atoms with Crippen molar-refractivity contribution in [2.75, 3.05) is 20.2 Å². The second kappa shape index (κ2) is 10.5. The van der Waals surface area contributed by atoms with Gasteiger partial charge in [0, 0.05) is 54.8 Å². The molecule has 4 rings (SSSR count). The number of unbranched alkanes of at least 4 members (excludes halogenated alkanes) is 3. The Kier molecular flexibility index (Phi) is 7.27. The first kappa shape index (κ1) is 22.8. The molecule has 0 radical (unpaired) electrons. The average molecular weight is 452 g/mol. The number of amides is 2. The summed E-state index contributed by atoms with van der Waals surface area (Å²) in [4.78, 5) is 25.8. The molecule has 7 heteroatoms. The van der Waals surface area contributed by atoms with Gasteiger partial charge < -0.3 is 19.5 Å². The summed E-state index contributed by atoms with van der Waals surface area (Å²) in [7, 11) is 1.40. The van der Waals surface area contributed by atoms with Crippen LogP contribution < -0.4 is 5.32 Å². The number of esters is 1. The molecule has 0 unspecified atom stereocenters. The van der Waals surface area contributed by atoms with E-state index in [9.17, 15) is 14.0 Å². The highest BCUT2D eigenvalue weighted by molar-refractivity contribution is 5.88. The molecule has 0 saturated carbocycles. The van der Waals surface area contributed by atoms with Crippen molar-refractivity contribution in [1.82, 2.24) is 14.8 Å². The molecule has 1 aliphatic rings. The van der Waals surface area contributed by atoms with Crippen LogP contribution in [0.3, 0.4) is 0 Å². The summed E-state index contributed by atoms with van der Waals surface area (Å²) in [6, 6.07) is 14.7. The van der Waals surface area contributed by atoms with E-state index in [0.717, 1.165) is 54.3 Å². The van der Waals surface area contributed by atoms with E-state index in [4.69, 9.17) is 0 Å². The first-order chi connectivity index (χ1) is 16.1. The van der Waals surface area contributed by atoms with Crippen LogP contribution in [0.1, 0.15) is 43.4 Å². The topological polar surface area (TPSA) is 63.6 Å². The van der Waals surface area contributed by atoms with Crippen molar-refractivity contribution in [2.45, 2.75) is 45.1 Å². The molecule has 2 heterocycles. The first-order valence-electron chi connectivity index (χ1n) is 11.5. The monoisotopic (exact) mass is 451 g/mol. The number of rotatable bonds is 8. The molecule has 0 saturated heterocycles. The second-order valence-electron chi connectivity index (χ2n) is 8.40. The van der Waals surface area contributed by atoms with Crippen molar-refractivity contribution in [3.05, 3.63) is 65.6 Å². The summed E-state index contributed by atoms with van der Waals surface area (Å²) in [5.41, 5.74) is 4.33. The Hall–Kier alpha value is -3.35. The predicted molar refractivity (Wildman–Crippen MR) is 126 cm³/mol. The van der Waals surface area contributed by atoms with E-state index in [1.807, 2.05) is 17.0 Å². The van der Waals surface area contributed by atoms with Gasteiger partial charge in [-0.3, -0.25) is 4.79 Å². The number of benzene rings is 2. The van der Waals surface area contributed by atoms with Crippen LogP contribution >= 0.6 is 0 Å². The Balaban J connectivity index is 1.38. The van der Waals surface area contributed by atoms with Crippen molar-refractivity contribution in [1.29, 1.82) is 0 Å². The lowest BCUT2D eigenvalue weighted by Crippen LogP contribution is -2.43. The second-order valence-corrected chi connectivity index (χ2v) is 8.40. The van der Waals surface area contributed by atoms with Crippen LogP contribution in [0.5, 0.6) is 0 Å². The highest BCUT2D eigenvalue weighted by Gasteiger charge is 2.26. The fourth-order valence-electron chi connectivity index (χ4n) is 4.53. The minimum absolute atomic E-state index is 0.0474. The van der Waals surface area contributed by atoms with Gasteiger partial charge in [0.1, 0.15) is 5.82 Å². The minimum atomic E-state index is -0.254. The molecule has 1 aliphatic heterocycles. The van der Waals surface area contributed by atoms with Gasteiger partial charge in [0.05, 0.1) is 12.6 Å². The van der Waals surface area contributed by atoms with Gasteiger partial charge in [0.15, 0.2) is 0 Å². The Morgan fingerprint density at radius 3 is 2.58 bits per heavy atom. The molecule has 0 spiro atoms. The van der Waals surface area contributed by atoms with Gasteiger partial charge in [0.2, 0.25) is 0 Å². The fourth-order valence-corrected chi connectivity index (χ4v) is 4.53. The zero-order valence-corrected chi connectivity index (χ0v) is 19.0. The maximum absolute atomic E-state index is 13.5. The number of hydrogen-bond acceptors (Lipinski definition) is 3. The Morgan fingerprint density at radius 2 is 1.79 bits per heavy atom. The van der Waals surface area contributed by atoms with Crippen molar-refractivity contribution >= 4 is 22.9 Å². The molecule has 174 valence electrons. The summed E-state index contributed by atoms with van der Waals surface area (Å²) < 4.78 is 20.3. The van der Waals surface area contributed by atoms with Crippen molar-refractivity contribution in [3.63, 3.8) is 0 Å². The fraction of sp³-hybridized carbons (Fsp3) is 0.385. The molecule has 0 bridgehead atoms. The number of aromatic nitrogens is 1. The third kappa shape index (κ3) is 5.18. The quantitative estimate of drug-likeness (QED) is 0.389. The van der Waals surface area contributed by atoms with E-state index in [1.165, 1.54) is 24.9 Å². The van der Waals surface area contributed by atoms with Gasteiger partial charge in [-0.1, -0.05) is 31.0 Å². The third-order valence-corrected chi connectivity index (χ3v) is 6.24. The van der Waals surface area contributed by atoms with Gasteiger partial charge in [-0.25, -0.2) is 9.18 Å². The highest BCUT2D eigenvalue weighted by Crippen LogP contribution is 2.33. The number of nitrogens with zero attached hydrogens (tertiary/aromatic N) is 2. The number of carbonyl (C=O) groups is 2. The van der Waals surface area contributed by atoms with Crippen molar-refractivity contribution < 1.29 is 18.7 Å². The molecule has 1 N–H and O–H groups in total. The maximum atomic E-state index is 13.5. The number of carbonyl (C=O) groups excluding carboxylic acids is 2. The van der Waals surface area contributed by atoms with Gasteiger partial charge in [-0.15, -0.1) is 0 Å². The minimum Gasteiger partial charge on any atom is -0.469 e. The normalized spacial score (nSPS) is 13.1.